The first kappa shape index (κ1) is 20.1. The number of carbonyl (C=O) groups is 1. The maximum atomic E-state index is 13.4. The molecular formula is C22H21N3O4S. The van der Waals surface area contributed by atoms with Crippen molar-refractivity contribution in [1.29, 1.82) is 0 Å². The Morgan fingerprint density at radius 3 is 2.70 bits per heavy atom. The van der Waals surface area contributed by atoms with Gasteiger partial charge in [-0.2, -0.15) is 0 Å². The first-order valence-electron chi connectivity index (χ1n) is 9.41. The van der Waals surface area contributed by atoms with Crippen molar-refractivity contribution in [2.24, 2.45) is 0 Å². The fraction of sp³-hybridized carbons (Fsp3) is 0.227. The summed E-state index contributed by atoms with van der Waals surface area (Å²) in [6.45, 7) is 0.984. The minimum atomic E-state index is -0.660. The Labute approximate surface area is 177 Å². The molecule has 0 aliphatic rings. The van der Waals surface area contributed by atoms with Gasteiger partial charge in [0, 0.05) is 18.5 Å². The summed E-state index contributed by atoms with van der Waals surface area (Å²) in [6.07, 6.45) is 0. The minimum absolute atomic E-state index is 0.0151. The minimum Gasteiger partial charge on any atom is -0.494 e. The highest BCUT2D eigenvalue weighted by molar-refractivity contribution is 7.22. The van der Waals surface area contributed by atoms with E-state index >= 15 is 0 Å². The van der Waals surface area contributed by atoms with Gasteiger partial charge >= 0.3 is 5.63 Å². The molecule has 4 rings (SSSR count). The van der Waals surface area contributed by atoms with Crippen LogP contribution in [-0.4, -0.2) is 50.1 Å². The molecule has 0 fully saturated rings. The SMILES string of the molecule is COc1cccc2sc(N(CCN(C)C)C(=O)c3cc4ccccc4oc3=O)nc12. The molecule has 0 saturated carbocycles. The summed E-state index contributed by atoms with van der Waals surface area (Å²) in [6, 6.07) is 14.3. The van der Waals surface area contributed by atoms with Crippen LogP contribution in [0.4, 0.5) is 5.13 Å². The van der Waals surface area contributed by atoms with E-state index in [0.29, 0.717) is 40.5 Å². The van der Waals surface area contributed by atoms with E-state index in [2.05, 4.69) is 4.98 Å². The van der Waals surface area contributed by atoms with Crippen molar-refractivity contribution < 1.29 is 13.9 Å². The molecule has 7 nitrogen and oxygen atoms in total. The maximum Gasteiger partial charge on any atom is 0.349 e. The summed E-state index contributed by atoms with van der Waals surface area (Å²) < 4.78 is 11.7. The molecule has 0 saturated heterocycles. The average Bonchev–Trinajstić information content (AvgIpc) is 3.17. The largest absolute Gasteiger partial charge is 0.494 e. The van der Waals surface area contributed by atoms with Crippen molar-refractivity contribution in [2.75, 3.05) is 39.2 Å². The van der Waals surface area contributed by atoms with E-state index in [1.165, 1.54) is 16.2 Å². The molecule has 2 heterocycles. The van der Waals surface area contributed by atoms with E-state index in [0.717, 1.165) is 4.70 Å². The number of amides is 1. The molecule has 4 aromatic rings. The first-order valence-corrected chi connectivity index (χ1v) is 10.2. The van der Waals surface area contributed by atoms with Crippen LogP contribution in [0, 0.1) is 0 Å². The number of ether oxygens (including phenoxy) is 1. The summed E-state index contributed by atoms with van der Waals surface area (Å²) in [5, 5.41) is 1.20. The lowest BCUT2D eigenvalue weighted by molar-refractivity contribution is 0.0982. The molecule has 0 N–H and O–H groups in total. The third-order valence-corrected chi connectivity index (χ3v) is 5.75. The number of thiazole rings is 1. The van der Waals surface area contributed by atoms with Gasteiger partial charge < -0.3 is 14.1 Å². The monoisotopic (exact) mass is 423 g/mol. The number of rotatable bonds is 6. The van der Waals surface area contributed by atoms with Gasteiger partial charge in [-0.1, -0.05) is 35.6 Å². The Kier molecular flexibility index (Phi) is 5.52. The summed E-state index contributed by atoms with van der Waals surface area (Å²) in [5.41, 5.74) is 0.461. The smallest absolute Gasteiger partial charge is 0.349 e. The van der Waals surface area contributed by atoms with Crippen LogP contribution in [0.3, 0.4) is 0 Å². The molecule has 0 aliphatic carbocycles. The molecule has 0 bridgehead atoms. The van der Waals surface area contributed by atoms with E-state index in [-0.39, 0.29) is 5.56 Å². The van der Waals surface area contributed by atoms with Gasteiger partial charge in [0.15, 0.2) is 5.13 Å². The molecule has 1 amide bonds. The molecule has 2 aromatic heterocycles. The number of benzene rings is 2. The number of carbonyl (C=O) groups excluding carboxylic acids is 1. The zero-order chi connectivity index (χ0) is 21.3. The highest BCUT2D eigenvalue weighted by atomic mass is 32.1. The van der Waals surface area contributed by atoms with Gasteiger partial charge in [0.2, 0.25) is 0 Å². The lowest BCUT2D eigenvalue weighted by atomic mass is 10.1. The topological polar surface area (TPSA) is 75.9 Å². The number of aromatic nitrogens is 1. The second kappa shape index (κ2) is 8.25. The van der Waals surface area contributed by atoms with Gasteiger partial charge in [0.05, 0.1) is 11.8 Å². The number of anilines is 1. The van der Waals surface area contributed by atoms with Gasteiger partial charge in [0.1, 0.15) is 22.4 Å². The number of likely N-dealkylation sites (N-methyl/N-ethyl adjacent to an activating group) is 1. The Morgan fingerprint density at radius 1 is 1.13 bits per heavy atom. The summed E-state index contributed by atoms with van der Waals surface area (Å²) in [4.78, 5) is 34.1. The second-order valence-electron chi connectivity index (χ2n) is 7.05. The molecule has 2 aromatic carbocycles. The van der Waals surface area contributed by atoms with Crippen LogP contribution in [0.1, 0.15) is 10.4 Å². The zero-order valence-corrected chi connectivity index (χ0v) is 17.7. The van der Waals surface area contributed by atoms with Crippen LogP contribution in [0.15, 0.2) is 57.7 Å². The zero-order valence-electron chi connectivity index (χ0n) is 16.9. The van der Waals surface area contributed by atoms with Gasteiger partial charge in [-0.3, -0.25) is 9.69 Å². The third-order valence-electron chi connectivity index (χ3n) is 4.71. The fourth-order valence-electron chi connectivity index (χ4n) is 3.13. The molecule has 154 valence electrons. The van der Waals surface area contributed by atoms with Crippen molar-refractivity contribution in [3.63, 3.8) is 0 Å². The van der Waals surface area contributed by atoms with E-state index in [4.69, 9.17) is 9.15 Å². The predicted octanol–water partition coefficient (Wildman–Crippen LogP) is 3.62. The first-order chi connectivity index (χ1) is 14.5. The number of para-hydroxylation sites is 2. The average molecular weight is 423 g/mol. The number of nitrogens with zero attached hydrogens (tertiary/aromatic N) is 3. The van der Waals surface area contributed by atoms with Crippen molar-refractivity contribution in [1.82, 2.24) is 9.88 Å². The van der Waals surface area contributed by atoms with Crippen molar-refractivity contribution in [2.45, 2.75) is 0 Å². The molecule has 0 radical (unpaired) electrons. The summed E-state index contributed by atoms with van der Waals surface area (Å²) in [5.74, 6) is 0.203. The third kappa shape index (κ3) is 3.79. The van der Waals surface area contributed by atoms with Crippen LogP contribution in [0.5, 0.6) is 5.75 Å². The van der Waals surface area contributed by atoms with E-state index in [9.17, 15) is 9.59 Å². The van der Waals surface area contributed by atoms with Gasteiger partial charge in [-0.05, 0) is 38.4 Å². The normalized spacial score (nSPS) is 11.3. The number of hydrogen-bond acceptors (Lipinski definition) is 7. The molecular weight excluding hydrogens is 402 g/mol. The van der Waals surface area contributed by atoms with E-state index in [1.54, 1.807) is 25.3 Å². The molecule has 0 unspecified atom stereocenters. The lowest BCUT2D eigenvalue weighted by Gasteiger charge is -2.21. The Balaban J connectivity index is 1.80. The van der Waals surface area contributed by atoms with Crippen LogP contribution in [0.25, 0.3) is 21.2 Å². The van der Waals surface area contributed by atoms with Gasteiger partial charge in [-0.15, -0.1) is 0 Å². The number of hydrogen-bond donors (Lipinski definition) is 0. The predicted molar refractivity (Wildman–Crippen MR) is 119 cm³/mol. The van der Waals surface area contributed by atoms with Crippen LogP contribution in [-0.2, 0) is 0 Å². The lowest BCUT2D eigenvalue weighted by Crippen LogP contribution is -2.38. The van der Waals surface area contributed by atoms with E-state index in [1.807, 2.05) is 49.3 Å². The van der Waals surface area contributed by atoms with Gasteiger partial charge in [-0.25, -0.2) is 9.78 Å². The molecule has 0 aliphatic heterocycles. The molecule has 30 heavy (non-hydrogen) atoms. The number of fused-ring (bicyclic) bond motifs is 2. The molecule has 0 atom stereocenters. The molecule has 8 heteroatoms. The van der Waals surface area contributed by atoms with Crippen LogP contribution < -0.4 is 15.3 Å². The van der Waals surface area contributed by atoms with Gasteiger partial charge in [0.25, 0.3) is 5.91 Å². The van der Waals surface area contributed by atoms with Crippen molar-refractivity contribution >= 4 is 43.6 Å². The van der Waals surface area contributed by atoms with Crippen molar-refractivity contribution in [3.8, 4) is 5.75 Å². The quantitative estimate of drug-likeness (QED) is 0.441. The van der Waals surface area contributed by atoms with Crippen LogP contribution in [0.2, 0.25) is 0 Å². The van der Waals surface area contributed by atoms with Crippen molar-refractivity contribution in [3.05, 3.63) is 64.5 Å². The maximum absolute atomic E-state index is 13.4. The summed E-state index contributed by atoms with van der Waals surface area (Å²) in [7, 11) is 5.44. The number of methoxy groups -OCH3 is 1. The molecule has 0 spiro atoms. The highest BCUT2D eigenvalue weighted by Crippen LogP contribution is 2.34. The Hall–Kier alpha value is -3.23. The van der Waals surface area contributed by atoms with Crippen LogP contribution >= 0.6 is 11.3 Å². The Morgan fingerprint density at radius 2 is 1.93 bits per heavy atom. The summed E-state index contributed by atoms with van der Waals surface area (Å²) >= 11 is 1.38. The fourth-order valence-corrected chi connectivity index (χ4v) is 4.14. The standard InChI is InChI=1S/C22H21N3O4S/c1-24(2)11-12-25(22-23-19-17(28-3)9-6-10-18(19)30-22)20(26)15-13-14-7-4-5-8-16(14)29-21(15)27/h4-10,13H,11-12H2,1-3H3. The second-order valence-corrected chi connectivity index (χ2v) is 8.06. The Bertz CT molecular complexity index is 1280. The highest BCUT2D eigenvalue weighted by Gasteiger charge is 2.25. The van der Waals surface area contributed by atoms with E-state index < -0.39 is 11.5 Å².